The first-order valence-electron chi connectivity index (χ1n) is 5.10. The molecule has 4 nitrogen and oxygen atoms in total. The van der Waals surface area contributed by atoms with E-state index >= 15 is 0 Å². The van der Waals surface area contributed by atoms with E-state index in [1.807, 2.05) is 30.3 Å². The fourth-order valence-corrected chi connectivity index (χ4v) is 4.79. The van der Waals surface area contributed by atoms with Gasteiger partial charge in [0.15, 0.2) is 0 Å². The number of aliphatic carboxylic acids is 1. The second-order valence-electron chi connectivity index (χ2n) is 3.77. The number of benzene rings is 1. The van der Waals surface area contributed by atoms with Crippen LogP contribution in [0.3, 0.4) is 0 Å². The molecular weight excluding hydrogens is 273 g/mol. The van der Waals surface area contributed by atoms with E-state index in [1.165, 1.54) is 0 Å². The zero-order valence-corrected chi connectivity index (χ0v) is 10.3. The number of carbonyl (C=O) groups is 1. The quantitative estimate of drug-likeness (QED) is 0.775. The Morgan fingerprint density at radius 2 is 2.06 bits per heavy atom. The molecule has 16 heavy (non-hydrogen) atoms. The number of nitrogens with one attached hydrogen (secondary N) is 1. The number of carboxylic acid groups (broad SMARTS) is 1. The van der Waals surface area contributed by atoms with Gasteiger partial charge in [-0.3, -0.25) is 0 Å². The van der Waals surface area contributed by atoms with Gasteiger partial charge >= 0.3 is 97.5 Å². The SMILES string of the molecule is O=C(O)[C@@H]1CC([Se](=O)c2ccccc2)CN1. The third-order valence-corrected chi connectivity index (χ3v) is 6.24. The molecule has 1 heterocycles. The monoisotopic (exact) mass is 287 g/mol. The fourth-order valence-electron chi connectivity index (χ4n) is 1.80. The average molecular weight is 286 g/mol. The van der Waals surface area contributed by atoms with Crippen molar-refractivity contribution in [1.29, 1.82) is 0 Å². The Morgan fingerprint density at radius 1 is 1.38 bits per heavy atom. The second-order valence-corrected chi connectivity index (χ2v) is 7.40. The van der Waals surface area contributed by atoms with E-state index < -0.39 is 25.8 Å². The molecule has 3 atom stereocenters. The minimum atomic E-state index is -2.13. The molecule has 0 radical (unpaired) electrons. The Bertz CT molecular complexity index is 407. The maximum atomic E-state index is 12.2. The summed E-state index contributed by atoms with van der Waals surface area (Å²) in [6.45, 7) is 0.542. The predicted molar refractivity (Wildman–Crippen MR) is 60.3 cm³/mol. The molecule has 0 spiro atoms. The van der Waals surface area contributed by atoms with E-state index in [0.29, 0.717) is 13.0 Å². The van der Waals surface area contributed by atoms with Gasteiger partial charge in [-0.25, -0.2) is 0 Å². The normalized spacial score (nSPS) is 26.5. The summed E-state index contributed by atoms with van der Waals surface area (Å²) in [5.41, 5.74) is 0. The van der Waals surface area contributed by atoms with Crippen LogP contribution in [-0.2, 0) is 8.63 Å². The molecule has 1 saturated heterocycles. The molecule has 1 aliphatic heterocycles. The van der Waals surface area contributed by atoms with Gasteiger partial charge in [0.25, 0.3) is 0 Å². The molecule has 0 aliphatic carbocycles. The van der Waals surface area contributed by atoms with Gasteiger partial charge in [-0.05, 0) is 0 Å². The van der Waals surface area contributed by atoms with Gasteiger partial charge in [-0.1, -0.05) is 0 Å². The molecule has 2 rings (SSSR count). The van der Waals surface area contributed by atoms with Crippen molar-refractivity contribution in [3.8, 4) is 0 Å². The van der Waals surface area contributed by atoms with Gasteiger partial charge in [-0.2, -0.15) is 0 Å². The van der Waals surface area contributed by atoms with Crippen LogP contribution in [0.15, 0.2) is 30.3 Å². The van der Waals surface area contributed by atoms with Crippen LogP contribution in [0.2, 0.25) is 4.82 Å². The van der Waals surface area contributed by atoms with Crippen molar-refractivity contribution < 1.29 is 13.7 Å². The summed E-state index contributed by atoms with van der Waals surface area (Å²) < 4.78 is 13.1. The van der Waals surface area contributed by atoms with Gasteiger partial charge in [0, 0.05) is 0 Å². The molecule has 0 saturated carbocycles. The fraction of sp³-hybridized carbons (Fsp3) is 0.364. The first kappa shape index (κ1) is 11.5. The van der Waals surface area contributed by atoms with E-state index in [1.54, 1.807) is 0 Å². The van der Waals surface area contributed by atoms with Gasteiger partial charge in [0.2, 0.25) is 0 Å². The molecule has 2 unspecified atom stereocenters. The van der Waals surface area contributed by atoms with E-state index in [0.717, 1.165) is 4.46 Å². The number of hydrogen-bond donors (Lipinski definition) is 2. The van der Waals surface area contributed by atoms with Crippen LogP contribution in [-0.4, -0.2) is 37.5 Å². The third-order valence-electron chi connectivity index (χ3n) is 2.67. The Hall–Kier alpha value is -1.03. The van der Waals surface area contributed by atoms with Crippen molar-refractivity contribution in [2.75, 3.05) is 6.54 Å². The molecule has 5 heteroatoms. The first-order valence-corrected chi connectivity index (χ1v) is 7.65. The van der Waals surface area contributed by atoms with E-state index in [4.69, 9.17) is 5.11 Å². The van der Waals surface area contributed by atoms with Gasteiger partial charge < -0.3 is 0 Å². The van der Waals surface area contributed by atoms with Crippen LogP contribution in [0.5, 0.6) is 0 Å². The zero-order valence-electron chi connectivity index (χ0n) is 8.63. The second kappa shape index (κ2) is 4.87. The summed E-state index contributed by atoms with van der Waals surface area (Å²) in [6.07, 6.45) is 0.471. The topological polar surface area (TPSA) is 66.4 Å². The van der Waals surface area contributed by atoms with Crippen molar-refractivity contribution in [2.45, 2.75) is 17.3 Å². The summed E-state index contributed by atoms with van der Waals surface area (Å²) in [5.74, 6) is -0.852. The molecule has 1 fully saturated rings. The van der Waals surface area contributed by atoms with Crippen molar-refractivity contribution in [2.24, 2.45) is 0 Å². The summed E-state index contributed by atoms with van der Waals surface area (Å²) >= 11 is -2.13. The molecule has 1 aliphatic rings. The van der Waals surface area contributed by atoms with Crippen molar-refractivity contribution >= 4 is 24.3 Å². The maximum absolute atomic E-state index is 12.2. The Labute approximate surface area is 97.8 Å². The minimum absolute atomic E-state index is 0.0106. The molecular formula is C11H13NO3Se. The van der Waals surface area contributed by atoms with Crippen LogP contribution >= 0.6 is 0 Å². The summed E-state index contributed by atoms with van der Waals surface area (Å²) in [4.78, 5) is 10.7. The van der Waals surface area contributed by atoms with E-state index in [-0.39, 0.29) is 4.82 Å². The van der Waals surface area contributed by atoms with Crippen molar-refractivity contribution in [3.05, 3.63) is 30.3 Å². The molecule has 0 bridgehead atoms. The van der Waals surface area contributed by atoms with Crippen LogP contribution < -0.4 is 9.78 Å². The molecule has 86 valence electrons. The molecule has 0 amide bonds. The van der Waals surface area contributed by atoms with Crippen LogP contribution in [0.1, 0.15) is 6.42 Å². The van der Waals surface area contributed by atoms with E-state index in [2.05, 4.69) is 5.32 Å². The standard InChI is InChI=1S/C11H13NO3Se/c13-11(14)10-6-9(7-12-10)16(15)8-4-2-1-3-5-8/h1-5,9-10,12H,6-7H2,(H,13,14)/t9?,10-,16?/m0/s1. The van der Waals surface area contributed by atoms with Crippen molar-refractivity contribution in [3.63, 3.8) is 0 Å². The summed E-state index contributed by atoms with van der Waals surface area (Å²) in [7, 11) is 0. The first-order chi connectivity index (χ1) is 7.68. The van der Waals surface area contributed by atoms with Gasteiger partial charge in [0.05, 0.1) is 0 Å². The molecule has 2 N–H and O–H groups in total. The van der Waals surface area contributed by atoms with E-state index in [9.17, 15) is 8.63 Å². The third kappa shape index (κ3) is 2.38. The van der Waals surface area contributed by atoms with Crippen LogP contribution in [0.4, 0.5) is 0 Å². The number of hydrogen-bond acceptors (Lipinski definition) is 3. The number of carboxylic acids is 1. The summed E-state index contributed by atoms with van der Waals surface area (Å²) in [6, 6.07) is 8.78. The van der Waals surface area contributed by atoms with Gasteiger partial charge in [0.1, 0.15) is 0 Å². The average Bonchev–Trinajstić information content (AvgIpc) is 2.78. The Kier molecular flexibility index (Phi) is 3.49. The Morgan fingerprint density at radius 3 is 2.62 bits per heavy atom. The van der Waals surface area contributed by atoms with Gasteiger partial charge in [-0.15, -0.1) is 0 Å². The number of rotatable bonds is 3. The van der Waals surface area contributed by atoms with Crippen LogP contribution in [0, 0.1) is 0 Å². The summed E-state index contributed by atoms with van der Waals surface area (Å²) in [5, 5.41) is 11.7. The zero-order chi connectivity index (χ0) is 11.5. The van der Waals surface area contributed by atoms with Crippen molar-refractivity contribution in [1.82, 2.24) is 5.32 Å². The Balaban J connectivity index is 2.05. The molecule has 1 aromatic carbocycles. The molecule has 0 aromatic heterocycles. The predicted octanol–water partition coefficient (Wildman–Crippen LogP) is 0.132. The van der Waals surface area contributed by atoms with Crippen LogP contribution in [0.25, 0.3) is 0 Å². The molecule has 1 aromatic rings.